The molecule has 0 bridgehead atoms. The Kier molecular flexibility index (Phi) is 3.06. The van der Waals surface area contributed by atoms with E-state index in [9.17, 15) is 0 Å². The van der Waals surface area contributed by atoms with Crippen molar-refractivity contribution in [3.63, 3.8) is 0 Å². The number of nitrogens with zero attached hydrogens (tertiary/aromatic N) is 2. The number of hydrogen-bond donors (Lipinski definition) is 1. The maximum atomic E-state index is 5.68. The van der Waals surface area contributed by atoms with E-state index in [2.05, 4.69) is 36.3 Å². The van der Waals surface area contributed by atoms with Crippen LogP contribution in [-0.4, -0.2) is 9.78 Å². The lowest BCUT2D eigenvalue weighted by atomic mass is 10.1. The van der Waals surface area contributed by atoms with Crippen molar-refractivity contribution in [3.05, 3.63) is 52.8 Å². The van der Waals surface area contributed by atoms with Crippen LogP contribution in [0.25, 0.3) is 0 Å². The van der Waals surface area contributed by atoms with Gasteiger partial charge >= 0.3 is 0 Å². The normalized spacial score (nSPS) is 10.7. The summed E-state index contributed by atoms with van der Waals surface area (Å²) in [4.78, 5) is 0. The van der Waals surface area contributed by atoms with Crippen molar-refractivity contribution in [1.29, 1.82) is 0 Å². The Balaban J connectivity index is 2.22. The first-order valence-electron chi connectivity index (χ1n) is 5.48. The van der Waals surface area contributed by atoms with Crippen LogP contribution in [0.3, 0.4) is 0 Å². The SMILES string of the molecule is Cc1ccc(Cn2nc(C)cc2CN)cc1. The third-order valence-electron chi connectivity index (χ3n) is 2.65. The van der Waals surface area contributed by atoms with Gasteiger partial charge in [0.05, 0.1) is 17.9 Å². The zero-order chi connectivity index (χ0) is 11.5. The van der Waals surface area contributed by atoms with E-state index in [1.807, 2.05) is 17.7 Å². The molecule has 16 heavy (non-hydrogen) atoms. The van der Waals surface area contributed by atoms with Gasteiger partial charge in [-0.15, -0.1) is 0 Å². The Morgan fingerprint density at radius 1 is 1.19 bits per heavy atom. The Morgan fingerprint density at radius 2 is 1.88 bits per heavy atom. The van der Waals surface area contributed by atoms with Gasteiger partial charge in [0.15, 0.2) is 0 Å². The van der Waals surface area contributed by atoms with Crippen molar-refractivity contribution in [1.82, 2.24) is 9.78 Å². The van der Waals surface area contributed by atoms with Crippen LogP contribution in [0.5, 0.6) is 0 Å². The van der Waals surface area contributed by atoms with E-state index in [0.717, 1.165) is 17.9 Å². The summed E-state index contributed by atoms with van der Waals surface area (Å²) in [5.74, 6) is 0. The molecule has 1 aromatic heterocycles. The second-order valence-electron chi connectivity index (χ2n) is 4.12. The quantitative estimate of drug-likeness (QED) is 0.851. The van der Waals surface area contributed by atoms with Crippen molar-refractivity contribution in [2.24, 2.45) is 5.73 Å². The Hall–Kier alpha value is -1.61. The molecule has 84 valence electrons. The molecule has 2 N–H and O–H groups in total. The highest BCUT2D eigenvalue weighted by Gasteiger charge is 2.04. The van der Waals surface area contributed by atoms with Crippen molar-refractivity contribution >= 4 is 0 Å². The minimum atomic E-state index is 0.534. The summed E-state index contributed by atoms with van der Waals surface area (Å²) < 4.78 is 1.97. The average molecular weight is 215 g/mol. The van der Waals surface area contributed by atoms with Gasteiger partial charge in [-0.2, -0.15) is 5.10 Å². The summed E-state index contributed by atoms with van der Waals surface area (Å²) >= 11 is 0. The van der Waals surface area contributed by atoms with Gasteiger partial charge < -0.3 is 5.73 Å². The van der Waals surface area contributed by atoms with E-state index in [1.54, 1.807) is 0 Å². The lowest BCUT2D eigenvalue weighted by Gasteiger charge is -2.06. The molecule has 3 heteroatoms. The highest BCUT2D eigenvalue weighted by molar-refractivity contribution is 5.22. The number of rotatable bonds is 3. The fourth-order valence-electron chi connectivity index (χ4n) is 1.77. The molecule has 0 saturated carbocycles. The standard InChI is InChI=1S/C13H17N3/c1-10-3-5-12(6-4-10)9-16-13(8-14)7-11(2)15-16/h3-7H,8-9,14H2,1-2H3. The summed E-state index contributed by atoms with van der Waals surface area (Å²) in [6.07, 6.45) is 0. The van der Waals surface area contributed by atoms with Gasteiger partial charge in [-0.05, 0) is 25.5 Å². The van der Waals surface area contributed by atoms with Crippen LogP contribution in [0.15, 0.2) is 30.3 Å². The van der Waals surface area contributed by atoms with Crippen molar-refractivity contribution in [2.45, 2.75) is 26.9 Å². The molecule has 0 atom stereocenters. The summed E-state index contributed by atoms with van der Waals surface area (Å²) in [6, 6.07) is 10.5. The summed E-state index contributed by atoms with van der Waals surface area (Å²) in [6.45, 7) is 5.41. The summed E-state index contributed by atoms with van der Waals surface area (Å²) in [5.41, 5.74) is 10.3. The highest BCUT2D eigenvalue weighted by atomic mass is 15.3. The van der Waals surface area contributed by atoms with Crippen molar-refractivity contribution in [2.75, 3.05) is 0 Å². The second kappa shape index (κ2) is 4.49. The van der Waals surface area contributed by atoms with Crippen LogP contribution in [0.2, 0.25) is 0 Å². The number of nitrogens with two attached hydrogens (primary N) is 1. The maximum absolute atomic E-state index is 5.68. The van der Waals surface area contributed by atoms with E-state index in [-0.39, 0.29) is 0 Å². The second-order valence-corrected chi connectivity index (χ2v) is 4.12. The van der Waals surface area contributed by atoms with Crippen molar-refractivity contribution in [3.8, 4) is 0 Å². The van der Waals surface area contributed by atoms with E-state index in [0.29, 0.717) is 6.54 Å². The molecule has 0 unspecified atom stereocenters. The van der Waals surface area contributed by atoms with Gasteiger partial charge in [0.2, 0.25) is 0 Å². The molecule has 0 amide bonds. The Labute approximate surface area is 95.9 Å². The van der Waals surface area contributed by atoms with E-state index < -0.39 is 0 Å². The molecule has 0 aliphatic heterocycles. The molecule has 1 aromatic carbocycles. The molecular formula is C13H17N3. The smallest absolute Gasteiger partial charge is 0.0663 e. The predicted octanol–water partition coefficient (Wildman–Crippen LogP) is 2.01. The molecule has 0 aliphatic carbocycles. The predicted molar refractivity (Wildman–Crippen MR) is 65.1 cm³/mol. The van der Waals surface area contributed by atoms with E-state index >= 15 is 0 Å². The molecule has 0 aliphatic rings. The van der Waals surface area contributed by atoms with Gasteiger partial charge in [0.1, 0.15) is 0 Å². The molecule has 1 heterocycles. The molecule has 2 rings (SSSR count). The van der Waals surface area contributed by atoms with Gasteiger partial charge in [0, 0.05) is 6.54 Å². The lowest BCUT2D eigenvalue weighted by molar-refractivity contribution is 0.641. The molecule has 0 fully saturated rings. The van der Waals surface area contributed by atoms with Gasteiger partial charge in [0.25, 0.3) is 0 Å². The van der Waals surface area contributed by atoms with Crippen LogP contribution in [0.1, 0.15) is 22.5 Å². The fourth-order valence-corrected chi connectivity index (χ4v) is 1.77. The largest absolute Gasteiger partial charge is 0.325 e. The first-order chi connectivity index (χ1) is 7.69. The van der Waals surface area contributed by atoms with Gasteiger partial charge in [-0.1, -0.05) is 29.8 Å². The summed E-state index contributed by atoms with van der Waals surface area (Å²) in [5, 5.41) is 4.44. The van der Waals surface area contributed by atoms with Gasteiger partial charge in [-0.25, -0.2) is 0 Å². The molecule has 0 radical (unpaired) electrons. The third-order valence-corrected chi connectivity index (χ3v) is 2.65. The molecular weight excluding hydrogens is 198 g/mol. The third kappa shape index (κ3) is 2.31. The maximum Gasteiger partial charge on any atom is 0.0663 e. The van der Waals surface area contributed by atoms with Crippen LogP contribution in [0, 0.1) is 13.8 Å². The molecule has 0 spiro atoms. The zero-order valence-electron chi connectivity index (χ0n) is 9.77. The highest BCUT2D eigenvalue weighted by Crippen LogP contribution is 2.08. The Bertz CT molecular complexity index is 468. The van der Waals surface area contributed by atoms with Crippen LogP contribution in [0.4, 0.5) is 0 Å². The number of hydrogen-bond acceptors (Lipinski definition) is 2. The zero-order valence-corrected chi connectivity index (χ0v) is 9.77. The molecule has 3 nitrogen and oxygen atoms in total. The number of aromatic nitrogens is 2. The Morgan fingerprint density at radius 3 is 2.50 bits per heavy atom. The average Bonchev–Trinajstić information content (AvgIpc) is 2.62. The topological polar surface area (TPSA) is 43.8 Å². The van der Waals surface area contributed by atoms with E-state index in [4.69, 9.17) is 5.73 Å². The van der Waals surface area contributed by atoms with E-state index in [1.165, 1.54) is 11.1 Å². The minimum absolute atomic E-state index is 0.534. The first kappa shape index (κ1) is 10.9. The fraction of sp³-hybridized carbons (Fsp3) is 0.308. The molecule has 0 saturated heterocycles. The van der Waals surface area contributed by atoms with Crippen LogP contribution < -0.4 is 5.73 Å². The van der Waals surface area contributed by atoms with Crippen molar-refractivity contribution < 1.29 is 0 Å². The minimum Gasteiger partial charge on any atom is -0.325 e. The molecule has 2 aromatic rings. The van der Waals surface area contributed by atoms with Crippen LogP contribution in [-0.2, 0) is 13.1 Å². The van der Waals surface area contributed by atoms with Gasteiger partial charge in [-0.3, -0.25) is 4.68 Å². The lowest BCUT2D eigenvalue weighted by Crippen LogP contribution is -2.09. The number of aryl methyl sites for hydroxylation is 2. The first-order valence-corrected chi connectivity index (χ1v) is 5.48. The number of benzene rings is 1. The van der Waals surface area contributed by atoms with Crippen LogP contribution >= 0.6 is 0 Å². The monoisotopic (exact) mass is 215 g/mol. The summed E-state index contributed by atoms with van der Waals surface area (Å²) in [7, 11) is 0.